The van der Waals surface area contributed by atoms with Gasteiger partial charge >= 0.3 is 0 Å². The lowest BCUT2D eigenvalue weighted by molar-refractivity contribution is 0.527. The molecular formula is C18H28BrClNO2S-. The van der Waals surface area contributed by atoms with Crippen molar-refractivity contribution in [3.8, 4) is 0 Å². The average Bonchev–Trinajstić information content (AvgIpc) is 2.57. The molecule has 0 aliphatic heterocycles. The summed E-state index contributed by atoms with van der Waals surface area (Å²) in [4.78, 5) is 0. The summed E-state index contributed by atoms with van der Waals surface area (Å²) in [5, 5.41) is 1.73. The van der Waals surface area contributed by atoms with E-state index in [2.05, 4.69) is 15.9 Å². The third kappa shape index (κ3) is 10.0. The Morgan fingerprint density at radius 3 is 1.79 bits per heavy atom. The van der Waals surface area contributed by atoms with E-state index in [1.54, 1.807) is 24.3 Å². The Bertz CT molecular complexity index is 459. The van der Waals surface area contributed by atoms with E-state index in [0.717, 1.165) is 18.2 Å². The molecule has 6 heteroatoms. The average molecular weight is 438 g/mol. The highest BCUT2D eigenvalue weighted by molar-refractivity contribution is 9.09. The van der Waals surface area contributed by atoms with Crippen LogP contribution >= 0.6 is 27.5 Å². The number of alkyl halides is 1. The molecular weight excluding hydrogens is 410 g/mol. The lowest BCUT2D eigenvalue weighted by Gasteiger charge is -2.26. The summed E-state index contributed by atoms with van der Waals surface area (Å²) in [6.45, 7) is 0.532. The molecule has 0 N–H and O–H groups in total. The topological polar surface area (TPSA) is 43.4 Å². The van der Waals surface area contributed by atoms with Gasteiger partial charge in [-0.25, -0.2) is 0 Å². The number of benzene rings is 1. The van der Waals surface area contributed by atoms with Gasteiger partial charge in [0.15, 0.2) is 0 Å². The van der Waals surface area contributed by atoms with E-state index in [0.29, 0.717) is 17.3 Å². The molecule has 0 aromatic heterocycles. The predicted molar refractivity (Wildman–Crippen MR) is 108 cm³/mol. The molecule has 0 radical (unpaired) electrons. The summed E-state index contributed by atoms with van der Waals surface area (Å²) in [5.74, 6) is 0. The fraction of sp³-hybridized carbons (Fsp3) is 0.667. The number of nitrogens with zero attached hydrogens (tertiary/aromatic N) is 1. The fourth-order valence-electron chi connectivity index (χ4n) is 2.66. The van der Waals surface area contributed by atoms with E-state index in [1.165, 1.54) is 55.7 Å². The summed E-state index contributed by atoms with van der Waals surface area (Å²) in [7, 11) is 0. The summed E-state index contributed by atoms with van der Waals surface area (Å²) in [6, 6.07) is 6.92. The van der Waals surface area contributed by atoms with Crippen LogP contribution in [-0.4, -0.2) is 20.6 Å². The van der Waals surface area contributed by atoms with Crippen LogP contribution in [0.3, 0.4) is 0 Å². The molecule has 0 spiro atoms. The van der Waals surface area contributed by atoms with Crippen molar-refractivity contribution in [2.24, 2.45) is 0 Å². The first kappa shape index (κ1) is 21.9. The van der Waals surface area contributed by atoms with Gasteiger partial charge in [-0.05, 0) is 37.1 Å². The van der Waals surface area contributed by atoms with E-state index in [1.807, 2.05) is 0 Å². The van der Waals surface area contributed by atoms with Crippen molar-refractivity contribution < 1.29 is 8.76 Å². The Morgan fingerprint density at radius 2 is 1.33 bits per heavy atom. The molecule has 0 aliphatic carbocycles. The van der Waals surface area contributed by atoms with Crippen LogP contribution in [0.5, 0.6) is 0 Å². The summed E-state index contributed by atoms with van der Waals surface area (Å²) < 4.78 is 24.2. The second-order valence-corrected chi connectivity index (χ2v) is 8.12. The largest absolute Gasteiger partial charge is 0.755 e. The van der Waals surface area contributed by atoms with E-state index in [-0.39, 0.29) is 0 Å². The first-order chi connectivity index (χ1) is 11.6. The zero-order valence-electron chi connectivity index (χ0n) is 14.2. The Labute approximate surface area is 162 Å². The second kappa shape index (κ2) is 14.1. The maximum absolute atomic E-state index is 11.4. The number of unbranched alkanes of at least 4 members (excludes halogenated alkanes) is 9. The highest BCUT2D eigenvalue weighted by Crippen LogP contribution is 2.20. The van der Waals surface area contributed by atoms with Crippen LogP contribution in [0.15, 0.2) is 24.3 Å². The lowest BCUT2D eigenvalue weighted by atomic mass is 10.1. The molecule has 1 aromatic rings. The molecule has 0 saturated carbocycles. The SMILES string of the molecule is O=S([O-])N(CCCCCCCCCCCCBr)c1ccc(Cl)cc1. The Morgan fingerprint density at radius 1 is 0.875 bits per heavy atom. The van der Waals surface area contributed by atoms with Crippen molar-refractivity contribution in [3.05, 3.63) is 29.3 Å². The molecule has 0 aliphatic rings. The molecule has 0 heterocycles. The molecule has 3 nitrogen and oxygen atoms in total. The molecule has 1 atom stereocenters. The minimum atomic E-state index is -2.24. The molecule has 1 aromatic carbocycles. The quantitative estimate of drug-likeness (QED) is 0.196. The molecule has 1 unspecified atom stereocenters. The monoisotopic (exact) mass is 436 g/mol. The zero-order chi connectivity index (χ0) is 17.6. The van der Waals surface area contributed by atoms with Crippen LogP contribution in [0.1, 0.15) is 64.2 Å². The summed E-state index contributed by atoms with van der Waals surface area (Å²) >= 11 is 7.06. The van der Waals surface area contributed by atoms with Gasteiger partial charge in [0.25, 0.3) is 0 Å². The molecule has 1 rings (SSSR count). The van der Waals surface area contributed by atoms with Crippen molar-refractivity contribution in [2.45, 2.75) is 64.2 Å². The van der Waals surface area contributed by atoms with Gasteiger partial charge in [0.05, 0.1) is 0 Å². The molecule has 0 bridgehead atoms. The number of hydrogen-bond donors (Lipinski definition) is 0. The third-order valence-corrected chi connectivity index (χ3v) is 5.61. The van der Waals surface area contributed by atoms with Crippen LogP contribution in [0.2, 0.25) is 5.02 Å². The first-order valence-electron chi connectivity index (χ1n) is 8.83. The summed E-state index contributed by atoms with van der Waals surface area (Å²) in [5.41, 5.74) is 0.677. The molecule has 0 amide bonds. The number of rotatable bonds is 14. The van der Waals surface area contributed by atoms with Gasteiger partial charge in [0.1, 0.15) is 0 Å². The van der Waals surface area contributed by atoms with Gasteiger partial charge in [-0.1, -0.05) is 78.9 Å². The van der Waals surface area contributed by atoms with Gasteiger partial charge in [-0.15, -0.1) is 0 Å². The Kier molecular flexibility index (Phi) is 12.9. The van der Waals surface area contributed by atoms with Gasteiger partial charge in [0.2, 0.25) is 0 Å². The molecule has 0 saturated heterocycles. The minimum Gasteiger partial charge on any atom is -0.755 e. The van der Waals surface area contributed by atoms with Crippen LogP contribution in [-0.2, 0) is 11.3 Å². The van der Waals surface area contributed by atoms with E-state index >= 15 is 0 Å². The lowest BCUT2D eigenvalue weighted by Crippen LogP contribution is -2.26. The summed E-state index contributed by atoms with van der Waals surface area (Å²) in [6.07, 6.45) is 12.3. The maximum atomic E-state index is 11.4. The minimum absolute atomic E-state index is 0.532. The van der Waals surface area contributed by atoms with Crippen molar-refractivity contribution >= 4 is 44.5 Å². The van der Waals surface area contributed by atoms with Crippen LogP contribution in [0, 0.1) is 0 Å². The molecule has 0 fully saturated rings. The Hall–Kier alpha value is -0.100. The van der Waals surface area contributed by atoms with E-state index in [4.69, 9.17) is 11.6 Å². The van der Waals surface area contributed by atoms with Crippen LogP contribution in [0.25, 0.3) is 0 Å². The second-order valence-electron chi connectivity index (χ2n) is 6.02. The molecule has 24 heavy (non-hydrogen) atoms. The zero-order valence-corrected chi connectivity index (χ0v) is 17.4. The first-order valence-corrected chi connectivity index (χ1v) is 11.4. The van der Waals surface area contributed by atoms with Crippen molar-refractivity contribution in [1.82, 2.24) is 0 Å². The van der Waals surface area contributed by atoms with Crippen molar-refractivity contribution in [3.63, 3.8) is 0 Å². The van der Waals surface area contributed by atoms with Gasteiger partial charge in [0, 0.05) is 33.9 Å². The van der Waals surface area contributed by atoms with Gasteiger partial charge in [-0.2, -0.15) is 0 Å². The highest BCUT2D eigenvalue weighted by atomic mass is 79.9. The van der Waals surface area contributed by atoms with Gasteiger partial charge < -0.3 is 8.86 Å². The van der Waals surface area contributed by atoms with E-state index in [9.17, 15) is 8.76 Å². The molecule has 138 valence electrons. The third-order valence-electron chi connectivity index (χ3n) is 4.04. The van der Waals surface area contributed by atoms with Gasteiger partial charge in [-0.3, -0.25) is 4.21 Å². The number of halogens is 2. The number of anilines is 1. The maximum Gasteiger partial charge on any atom is 0.0483 e. The van der Waals surface area contributed by atoms with Crippen molar-refractivity contribution in [1.29, 1.82) is 0 Å². The van der Waals surface area contributed by atoms with E-state index < -0.39 is 11.3 Å². The standard InChI is InChI=1S/C18H29BrClNO2S/c19-15-9-7-5-3-1-2-4-6-8-10-16-21(24(22)23)18-13-11-17(20)12-14-18/h11-14H,1-10,15-16H2,(H,22,23)/p-1. The highest BCUT2D eigenvalue weighted by Gasteiger charge is 2.06. The Balaban J connectivity index is 2.10. The normalized spacial score (nSPS) is 12.3. The van der Waals surface area contributed by atoms with Crippen LogP contribution < -0.4 is 4.31 Å². The fourth-order valence-corrected chi connectivity index (χ4v) is 3.76. The predicted octanol–water partition coefficient (Wildman–Crippen LogP) is 6.24. The van der Waals surface area contributed by atoms with Crippen molar-refractivity contribution in [2.75, 3.05) is 16.2 Å². The van der Waals surface area contributed by atoms with Crippen LogP contribution in [0.4, 0.5) is 5.69 Å². The smallest absolute Gasteiger partial charge is 0.0483 e. The number of hydrogen-bond acceptors (Lipinski definition) is 2.